The number of hydrogen-bond acceptors (Lipinski definition) is 7. The van der Waals surface area contributed by atoms with Gasteiger partial charge in [0.05, 0.1) is 38.5 Å². The number of phenols is 1. The van der Waals surface area contributed by atoms with Crippen molar-refractivity contribution in [3.63, 3.8) is 0 Å². The first-order valence-corrected chi connectivity index (χ1v) is 10.6. The molecule has 1 saturated heterocycles. The zero-order valence-electron chi connectivity index (χ0n) is 14.8. The third kappa shape index (κ3) is 3.31. The van der Waals surface area contributed by atoms with E-state index < -0.39 is 15.5 Å². The lowest BCUT2D eigenvalue weighted by Gasteiger charge is -2.19. The van der Waals surface area contributed by atoms with Crippen LogP contribution in [-0.4, -0.2) is 37.9 Å². The molecule has 2 N–H and O–H groups in total. The first-order chi connectivity index (χ1) is 13.4. The highest BCUT2D eigenvalue weighted by Gasteiger charge is 2.23. The molecule has 1 aromatic heterocycles. The molecule has 4 rings (SSSR count). The lowest BCUT2D eigenvalue weighted by Crippen LogP contribution is -2.23. The number of methoxy groups -OCH3 is 1. The summed E-state index contributed by atoms with van der Waals surface area (Å²) in [5.74, 6) is 0.827. The first kappa shape index (κ1) is 18.7. The van der Waals surface area contributed by atoms with Crippen LogP contribution in [-0.2, 0) is 9.73 Å². The van der Waals surface area contributed by atoms with Crippen LogP contribution < -0.4 is 10.1 Å². The average molecular weight is 423 g/mol. The first-order valence-electron chi connectivity index (χ1n) is 8.39. The van der Waals surface area contributed by atoms with E-state index in [-0.39, 0.29) is 22.2 Å². The summed E-state index contributed by atoms with van der Waals surface area (Å²) >= 11 is 6.55. The second-order valence-electron chi connectivity index (χ2n) is 6.27. The van der Waals surface area contributed by atoms with Crippen LogP contribution in [0.3, 0.4) is 0 Å². The third-order valence-corrected chi connectivity index (χ3v) is 7.15. The van der Waals surface area contributed by atoms with Crippen LogP contribution in [0.4, 0.5) is 21.6 Å². The molecule has 0 bridgehead atoms. The highest BCUT2D eigenvalue weighted by molar-refractivity contribution is 7.95. The number of benzene rings is 2. The molecule has 3 aromatic rings. The number of rotatable bonds is 4. The van der Waals surface area contributed by atoms with Gasteiger partial charge in [-0.2, -0.15) is 4.36 Å². The Morgan fingerprint density at radius 2 is 2.11 bits per heavy atom. The number of fused-ring (bicyclic) bond motifs is 1. The van der Waals surface area contributed by atoms with Gasteiger partial charge in [0.1, 0.15) is 29.4 Å². The van der Waals surface area contributed by atoms with Crippen molar-refractivity contribution in [3.05, 3.63) is 41.4 Å². The van der Waals surface area contributed by atoms with Crippen LogP contribution >= 0.6 is 11.6 Å². The number of ether oxygens (including phenoxy) is 1. The van der Waals surface area contributed by atoms with Gasteiger partial charge in [0.2, 0.25) is 0 Å². The second-order valence-corrected chi connectivity index (χ2v) is 9.19. The molecule has 146 valence electrons. The quantitative estimate of drug-likeness (QED) is 0.605. The van der Waals surface area contributed by atoms with Crippen LogP contribution in [0.1, 0.15) is 6.42 Å². The van der Waals surface area contributed by atoms with Gasteiger partial charge in [0, 0.05) is 17.6 Å². The van der Waals surface area contributed by atoms with Crippen LogP contribution in [0.15, 0.2) is 35.0 Å². The lowest BCUT2D eigenvalue weighted by atomic mass is 10.2. The molecule has 2 aromatic carbocycles. The summed E-state index contributed by atoms with van der Waals surface area (Å²) in [6.07, 6.45) is 2.20. The van der Waals surface area contributed by atoms with Crippen LogP contribution in [0.25, 0.3) is 10.9 Å². The van der Waals surface area contributed by atoms with E-state index >= 15 is 0 Å². The maximum Gasteiger partial charge on any atom is 0.164 e. The van der Waals surface area contributed by atoms with Crippen molar-refractivity contribution in [3.8, 4) is 11.5 Å². The highest BCUT2D eigenvalue weighted by Crippen LogP contribution is 2.44. The van der Waals surface area contributed by atoms with Gasteiger partial charge in [-0.15, -0.1) is 0 Å². The SMILES string of the molecule is COc1c(N=S2(=O)CCC2)cc2ncnc(Nc3ccc(F)cc3O)c2c1Cl. The molecule has 1 aliphatic heterocycles. The molecule has 0 aliphatic carbocycles. The predicted molar refractivity (Wildman–Crippen MR) is 107 cm³/mol. The van der Waals surface area contributed by atoms with Gasteiger partial charge in [-0.25, -0.2) is 18.6 Å². The smallest absolute Gasteiger partial charge is 0.164 e. The Morgan fingerprint density at radius 3 is 2.75 bits per heavy atom. The van der Waals surface area contributed by atoms with Gasteiger partial charge in [0.25, 0.3) is 0 Å². The summed E-state index contributed by atoms with van der Waals surface area (Å²) in [7, 11) is -0.823. The van der Waals surface area contributed by atoms with E-state index in [1.54, 1.807) is 6.07 Å². The number of aromatic hydroxyl groups is 1. The van der Waals surface area contributed by atoms with E-state index in [4.69, 9.17) is 16.3 Å². The van der Waals surface area contributed by atoms with Gasteiger partial charge >= 0.3 is 0 Å². The van der Waals surface area contributed by atoms with Gasteiger partial charge in [0.15, 0.2) is 5.75 Å². The topological polar surface area (TPSA) is 96.7 Å². The van der Waals surface area contributed by atoms with E-state index in [0.29, 0.717) is 33.9 Å². The largest absolute Gasteiger partial charge is 0.506 e. The molecule has 0 amide bonds. The summed E-state index contributed by atoms with van der Waals surface area (Å²) in [6, 6.07) is 5.22. The van der Waals surface area contributed by atoms with E-state index in [1.807, 2.05) is 0 Å². The van der Waals surface area contributed by atoms with Crippen molar-refractivity contribution in [2.75, 3.05) is 23.9 Å². The van der Waals surface area contributed by atoms with Gasteiger partial charge in [-0.3, -0.25) is 0 Å². The van der Waals surface area contributed by atoms with Gasteiger partial charge < -0.3 is 15.2 Å². The van der Waals surface area contributed by atoms with E-state index in [0.717, 1.165) is 12.5 Å². The molecule has 1 fully saturated rings. The maximum absolute atomic E-state index is 13.2. The van der Waals surface area contributed by atoms with Crippen LogP contribution in [0.2, 0.25) is 5.02 Å². The highest BCUT2D eigenvalue weighted by atomic mass is 35.5. The molecule has 1 aliphatic rings. The lowest BCUT2D eigenvalue weighted by molar-refractivity contribution is 0.417. The van der Waals surface area contributed by atoms with Crippen molar-refractivity contribution in [1.29, 1.82) is 0 Å². The fraction of sp³-hybridized carbons (Fsp3) is 0.222. The van der Waals surface area contributed by atoms with Crippen molar-refractivity contribution < 1.29 is 18.4 Å². The van der Waals surface area contributed by atoms with Crippen molar-refractivity contribution in [2.24, 2.45) is 4.36 Å². The fourth-order valence-corrected chi connectivity index (χ4v) is 4.72. The van der Waals surface area contributed by atoms with Gasteiger partial charge in [-0.1, -0.05) is 11.6 Å². The Balaban J connectivity index is 1.88. The summed E-state index contributed by atoms with van der Waals surface area (Å²) in [6.45, 7) is 0. The number of halogens is 2. The predicted octanol–water partition coefficient (Wildman–Crippen LogP) is 4.38. The maximum atomic E-state index is 13.2. The Kier molecular flexibility index (Phi) is 4.72. The molecule has 10 heteroatoms. The Labute approximate surface area is 165 Å². The molecule has 2 heterocycles. The fourth-order valence-electron chi connectivity index (χ4n) is 2.90. The number of hydrogen-bond donors (Lipinski definition) is 2. The van der Waals surface area contributed by atoms with E-state index in [9.17, 15) is 13.7 Å². The van der Waals surface area contributed by atoms with E-state index in [2.05, 4.69) is 19.6 Å². The molecule has 0 atom stereocenters. The normalized spacial score (nSPS) is 15.1. The molecular weight excluding hydrogens is 407 g/mol. The Bertz CT molecular complexity index is 1200. The molecule has 0 saturated carbocycles. The third-order valence-electron chi connectivity index (χ3n) is 4.41. The number of anilines is 2. The van der Waals surface area contributed by atoms with E-state index in [1.165, 1.54) is 25.6 Å². The standard InChI is InChI=1S/C18H16ClFN4O3S/c1-27-17-13(24-28(26)5-2-6-28)8-12-15(16(17)19)18(22-9-21-12)23-11-4-3-10(20)7-14(11)25/h3-4,7-9,25H,2,5-6H2,1H3,(H,21,22,23). The van der Waals surface area contributed by atoms with Crippen LogP contribution in [0.5, 0.6) is 11.5 Å². The van der Waals surface area contributed by atoms with Gasteiger partial charge in [-0.05, 0) is 24.6 Å². The van der Waals surface area contributed by atoms with Crippen molar-refractivity contribution in [2.45, 2.75) is 6.42 Å². The number of phenolic OH excluding ortho intramolecular Hbond substituents is 1. The molecule has 0 spiro atoms. The van der Waals surface area contributed by atoms with Crippen molar-refractivity contribution >= 4 is 49.4 Å². The molecule has 0 radical (unpaired) electrons. The zero-order chi connectivity index (χ0) is 19.9. The number of nitrogens with zero attached hydrogens (tertiary/aromatic N) is 3. The average Bonchev–Trinajstić information content (AvgIpc) is 2.63. The van der Waals surface area contributed by atoms with Crippen molar-refractivity contribution in [1.82, 2.24) is 9.97 Å². The molecule has 28 heavy (non-hydrogen) atoms. The minimum absolute atomic E-state index is 0.200. The number of nitrogens with one attached hydrogen (secondary N) is 1. The summed E-state index contributed by atoms with van der Waals surface area (Å²) in [4.78, 5) is 8.40. The second kappa shape index (κ2) is 7.06. The van der Waals surface area contributed by atoms with Crippen LogP contribution in [0, 0.1) is 5.82 Å². The molecule has 0 unspecified atom stereocenters. The zero-order valence-corrected chi connectivity index (χ0v) is 16.4. The summed E-state index contributed by atoms with van der Waals surface area (Å²) in [5, 5.41) is 13.5. The monoisotopic (exact) mass is 422 g/mol. The summed E-state index contributed by atoms with van der Waals surface area (Å²) < 4.78 is 35.5. The molecule has 7 nitrogen and oxygen atoms in total. The Morgan fingerprint density at radius 1 is 1.32 bits per heavy atom. The molecular formula is C18H16ClFN4O3S. The number of aromatic nitrogens is 2. The minimum Gasteiger partial charge on any atom is -0.506 e. The minimum atomic E-state index is -2.27. The summed E-state index contributed by atoms with van der Waals surface area (Å²) in [5.41, 5.74) is 1.09. The Hall–Kier alpha value is -2.65.